The molecule has 0 saturated carbocycles. The first-order valence-corrected chi connectivity index (χ1v) is 11.2. The minimum absolute atomic E-state index is 0.145. The molecule has 0 bridgehead atoms. The molecule has 0 fully saturated rings. The summed E-state index contributed by atoms with van der Waals surface area (Å²) in [5, 5.41) is 3.02. The summed E-state index contributed by atoms with van der Waals surface area (Å²) in [6, 6.07) is 20.9. The van der Waals surface area contributed by atoms with Gasteiger partial charge in [-0.1, -0.05) is 31.2 Å². The van der Waals surface area contributed by atoms with Crippen molar-refractivity contribution in [2.24, 2.45) is 0 Å². The summed E-state index contributed by atoms with van der Waals surface area (Å²) >= 11 is 0. The standard InChI is InChI=1S/C27H30N2O4/c1-4-19-16-20-14-15-29(27(30)28-21-8-6-5-7-9-21)25(24(20)17-26(19)32-3)18-33-23-12-10-22(31-2)11-13-23/h5-13,16-17,25H,4,14-15,18H2,1-3H3,(H,28,30). The van der Waals surface area contributed by atoms with Crippen LogP contribution in [0.25, 0.3) is 0 Å². The molecule has 0 spiro atoms. The Hall–Kier alpha value is -3.67. The van der Waals surface area contributed by atoms with Gasteiger partial charge in [-0.25, -0.2) is 4.79 Å². The molecule has 0 radical (unpaired) electrons. The van der Waals surface area contributed by atoms with E-state index in [1.165, 1.54) is 11.1 Å². The van der Waals surface area contributed by atoms with Crippen molar-refractivity contribution in [2.75, 3.05) is 32.7 Å². The van der Waals surface area contributed by atoms with Gasteiger partial charge in [0, 0.05) is 12.2 Å². The number of nitrogens with one attached hydrogen (secondary N) is 1. The Balaban J connectivity index is 1.63. The third-order valence-electron chi connectivity index (χ3n) is 6.03. The first kappa shape index (κ1) is 22.5. The van der Waals surface area contributed by atoms with Crippen LogP contribution in [0.2, 0.25) is 0 Å². The fourth-order valence-corrected chi connectivity index (χ4v) is 4.24. The van der Waals surface area contributed by atoms with Crippen LogP contribution in [0.1, 0.15) is 29.7 Å². The van der Waals surface area contributed by atoms with E-state index in [1.807, 2.05) is 59.5 Å². The van der Waals surface area contributed by atoms with Crippen LogP contribution in [0.3, 0.4) is 0 Å². The third kappa shape index (κ3) is 5.06. The van der Waals surface area contributed by atoms with E-state index in [0.717, 1.165) is 41.3 Å². The zero-order valence-electron chi connectivity index (χ0n) is 19.3. The largest absolute Gasteiger partial charge is 0.497 e. The number of nitrogens with zero attached hydrogens (tertiary/aromatic N) is 1. The molecular formula is C27H30N2O4. The highest BCUT2D eigenvalue weighted by Crippen LogP contribution is 2.36. The predicted molar refractivity (Wildman–Crippen MR) is 129 cm³/mol. The zero-order chi connectivity index (χ0) is 23.2. The van der Waals surface area contributed by atoms with Crippen molar-refractivity contribution in [3.63, 3.8) is 0 Å². The number of anilines is 1. The number of amides is 2. The van der Waals surface area contributed by atoms with E-state index in [4.69, 9.17) is 14.2 Å². The molecule has 1 aliphatic heterocycles. The van der Waals surface area contributed by atoms with Crippen molar-refractivity contribution < 1.29 is 19.0 Å². The number of fused-ring (bicyclic) bond motifs is 1. The number of aryl methyl sites for hydroxylation is 1. The summed E-state index contributed by atoms with van der Waals surface area (Å²) < 4.78 is 17.0. The van der Waals surface area contributed by atoms with Crippen molar-refractivity contribution in [1.82, 2.24) is 4.90 Å². The summed E-state index contributed by atoms with van der Waals surface area (Å²) in [5.41, 5.74) is 4.24. The van der Waals surface area contributed by atoms with Gasteiger partial charge in [-0.05, 0) is 72.0 Å². The number of hydrogen-bond acceptors (Lipinski definition) is 4. The lowest BCUT2D eigenvalue weighted by atomic mass is 9.90. The Morgan fingerprint density at radius 1 is 1.00 bits per heavy atom. The smallest absolute Gasteiger partial charge is 0.322 e. The maximum absolute atomic E-state index is 13.3. The van der Waals surface area contributed by atoms with Crippen LogP contribution in [0.4, 0.5) is 10.5 Å². The number of benzene rings is 3. The molecule has 1 atom stereocenters. The van der Waals surface area contributed by atoms with Crippen molar-refractivity contribution in [3.05, 3.63) is 83.4 Å². The molecule has 1 heterocycles. The highest BCUT2D eigenvalue weighted by atomic mass is 16.5. The Bertz CT molecular complexity index is 1080. The number of rotatable bonds is 7. The molecule has 0 aliphatic carbocycles. The highest BCUT2D eigenvalue weighted by Gasteiger charge is 2.32. The van der Waals surface area contributed by atoms with Gasteiger partial charge in [0.15, 0.2) is 0 Å². The van der Waals surface area contributed by atoms with Crippen LogP contribution < -0.4 is 19.5 Å². The van der Waals surface area contributed by atoms with Gasteiger partial charge in [-0.2, -0.15) is 0 Å². The summed E-state index contributed by atoms with van der Waals surface area (Å²) in [6.45, 7) is 3.06. The Morgan fingerprint density at radius 2 is 1.73 bits per heavy atom. The van der Waals surface area contributed by atoms with Gasteiger partial charge in [0.05, 0.1) is 20.3 Å². The number of ether oxygens (including phenoxy) is 3. The lowest BCUT2D eigenvalue weighted by Crippen LogP contribution is -2.44. The van der Waals surface area contributed by atoms with Crippen molar-refractivity contribution in [1.29, 1.82) is 0 Å². The molecule has 3 aromatic carbocycles. The van der Waals surface area contributed by atoms with E-state index in [1.54, 1.807) is 14.2 Å². The number of urea groups is 1. The molecule has 6 nitrogen and oxygen atoms in total. The Labute approximate surface area is 195 Å². The van der Waals surface area contributed by atoms with Gasteiger partial charge in [0.1, 0.15) is 23.9 Å². The minimum Gasteiger partial charge on any atom is -0.497 e. The van der Waals surface area contributed by atoms with Crippen molar-refractivity contribution in [3.8, 4) is 17.2 Å². The number of para-hydroxylation sites is 1. The van der Waals surface area contributed by atoms with Gasteiger partial charge < -0.3 is 24.4 Å². The van der Waals surface area contributed by atoms with E-state index >= 15 is 0 Å². The summed E-state index contributed by atoms with van der Waals surface area (Å²) in [6.07, 6.45) is 1.68. The molecule has 0 saturated heterocycles. The van der Waals surface area contributed by atoms with Crippen LogP contribution in [0.15, 0.2) is 66.7 Å². The van der Waals surface area contributed by atoms with Crippen LogP contribution in [-0.4, -0.2) is 38.3 Å². The number of carbonyl (C=O) groups is 1. The minimum atomic E-state index is -0.251. The van der Waals surface area contributed by atoms with E-state index in [-0.39, 0.29) is 12.1 Å². The SMILES string of the molecule is CCc1cc2c(cc1OC)C(COc1ccc(OC)cc1)N(C(=O)Nc1ccccc1)CC2. The summed E-state index contributed by atoms with van der Waals surface area (Å²) in [7, 11) is 3.32. The molecule has 1 N–H and O–H groups in total. The highest BCUT2D eigenvalue weighted by molar-refractivity contribution is 5.89. The topological polar surface area (TPSA) is 60.0 Å². The van der Waals surface area contributed by atoms with Crippen LogP contribution in [0.5, 0.6) is 17.2 Å². The number of methoxy groups -OCH3 is 2. The Morgan fingerprint density at radius 3 is 2.39 bits per heavy atom. The average molecular weight is 447 g/mol. The maximum atomic E-state index is 13.3. The molecule has 33 heavy (non-hydrogen) atoms. The van der Waals surface area contributed by atoms with Crippen molar-refractivity contribution in [2.45, 2.75) is 25.8 Å². The number of hydrogen-bond donors (Lipinski definition) is 1. The zero-order valence-corrected chi connectivity index (χ0v) is 19.3. The molecule has 1 aliphatic rings. The molecule has 0 aromatic heterocycles. The Kier molecular flexibility index (Phi) is 7.03. The molecule has 4 rings (SSSR count). The fourth-order valence-electron chi connectivity index (χ4n) is 4.24. The van der Waals surface area contributed by atoms with Gasteiger partial charge in [0.25, 0.3) is 0 Å². The van der Waals surface area contributed by atoms with E-state index in [0.29, 0.717) is 13.2 Å². The van der Waals surface area contributed by atoms with Gasteiger partial charge in [0.2, 0.25) is 0 Å². The van der Waals surface area contributed by atoms with Gasteiger partial charge >= 0.3 is 6.03 Å². The van der Waals surface area contributed by atoms with E-state index in [9.17, 15) is 4.79 Å². The predicted octanol–water partition coefficient (Wildman–Crippen LogP) is 5.48. The van der Waals surface area contributed by atoms with Crippen molar-refractivity contribution >= 4 is 11.7 Å². The molecule has 3 aromatic rings. The molecule has 2 amide bonds. The molecule has 172 valence electrons. The van der Waals surface area contributed by atoms with E-state index in [2.05, 4.69) is 24.4 Å². The second-order valence-corrected chi connectivity index (χ2v) is 7.96. The second-order valence-electron chi connectivity index (χ2n) is 7.96. The van der Waals surface area contributed by atoms with Crippen LogP contribution in [0, 0.1) is 0 Å². The first-order chi connectivity index (χ1) is 16.1. The monoisotopic (exact) mass is 446 g/mol. The third-order valence-corrected chi connectivity index (χ3v) is 6.03. The summed E-state index contributed by atoms with van der Waals surface area (Å²) in [5.74, 6) is 2.34. The lowest BCUT2D eigenvalue weighted by Gasteiger charge is -2.37. The van der Waals surface area contributed by atoms with Gasteiger partial charge in [-0.15, -0.1) is 0 Å². The van der Waals surface area contributed by atoms with Crippen LogP contribution >= 0.6 is 0 Å². The molecule has 6 heteroatoms. The average Bonchev–Trinajstić information content (AvgIpc) is 2.87. The van der Waals surface area contributed by atoms with Gasteiger partial charge in [-0.3, -0.25) is 0 Å². The van der Waals surface area contributed by atoms with Crippen LogP contribution in [-0.2, 0) is 12.8 Å². The normalized spacial score (nSPS) is 14.9. The molecule has 1 unspecified atom stereocenters. The first-order valence-electron chi connectivity index (χ1n) is 11.2. The van der Waals surface area contributed by atoms with E-state index < -0.39 is 0 Å². The molecular weight excluding hydrogens is 416 g/mol. The summed E-state index contributed by atoms with van der Waals surface area (Å²) in [4.78, 5) is 15.1. The quantitative estimate of drug-likeness (QED) is 0.522. The maximum Gasteiger partial charge on any atom is 0.322 e. The lowest BCUT2D eigenvalue weighted by molar-refractivity contribution is 0.144. The fraction of sp³-hybridized carbons (Fsp3) is 0.296. The number of carbonyl (C=O) groups excluding carboxylic acids is 1. The second kappa shape index (κ2) is 10.3.